The van der Waals surface area contributed by atoms with Crippen LogP contribution in [0.1, 0.15) is 25.7 Å². The predicted octanol–water partition coefficient (Wildman–Crippen LogP) is 0.0758. The minimum atomic E-state index is -3.88. The van der Waals surface area contributed by atoms with Crippen LogP contribution in [-0.2, 0) is 13.8 Å². The molecule has 1 saturated carbocycles. The van der Waals surface area contributed by atoms with Crippen molar-refractivity contribution < 1.29 is 18.0 Å². The fourth-order valence-electron chi connectivity index (χ4n) is 2.43. The number of imide groups is 1. The quantitative estimate of drug-likeness (QED) is 0.519. The van der Waals surface area contributed by atoms with Crippen LogP contribution in [0.5, 0.6) is 0 Å². The zero-order valence-corrected chi connectivity index (χ0v) is 9.90. The van der Waals surface area contributed by atoms with Gasteiger partial charge in [-0.25, -0.2) is 13.2 Å². The van der Waals surface area contributed by atoms with Gasteiger partial charge in [-0.1, -0.05) is 12.8 Å². The number of nitrogens with one attached hydrogen (secondary N) is 2. The summed E-state index contributed by atoms with van der Waals surface area (Å²) in [6.07, 6.45) is 1.97. The van der Waals surface area contributed by atoms with Crippen LogP contribution in [0.15, 0.2) is 0 Å². The second kappa shape index (κ2) is 3.59. The number of hydrogen-bond donors (Lipinski definition) is 2. The Bertz CT molecular complexity index is 449. The standard InChI is InChI=1S/C8H11ClN2O4S/c9-16(14,15)5-3-1-2-4-8(5)6(12)10-7(13)11-8/h5H,1-4H2,(H2,10,11,12,13). The van der Waals surface area contributed by atoms with E-state index in [9.17, 15) is 18.0 Å². The molecule has 2 N–H and O–H groups in total. The van der Waals surface area contributed by atoms with Gasteiger partial charge in [0.25, 0.3) is 5.91 Å². The maximum atomic E-state index is 11.7. The Morgan fingerprint density at radius 3 is 2.50 bits per heavy atom. The number of hydrogen-bond acceptors (Lipinski definition) is 4. The largest absolute Gasteiger partial charge is 0.322 e. The van der Waals surface area contributed by atoms with E-state index in [4.69, 9.17) is 10.7 Å². The molecule has 0 aromatic rings. The van der Waals surface area contributed by atoms with Crippen molar-refractivity contribution in [3.63, 3.8) is 0 Å². The fraction of sp³-hybridized carbons (Fsp3) is 0.750. The average molecular weight is 267 g/mol. The third kappa shape index (κ3) is 1.67. The SMILES string of the molecule is O=C1NC(=O)C2(CCCCC2S(=O)(=O)Cl)N1. The number of carbonyl (C=O) groups excluding carboxylic acids is 2. The molecule has 1 aliphatic carbocycles. The molecule has 0 bridgehead atoms. The maximum Gasteiger partial charge on any atom is 0.322 e. The van der Waals surface area contributed by atoms with Crippen molar-refractivity contribution in [2.75, 3.05) is 0 Å². The van der Waals surface area contributed by atoms with Crippen molar-refractivity contribution in [1.29, 1.82) is 0 Å². The molecule has 1 aliphatic heterocycles. The molecule has 16 heavy (non-hydrogen) atoms. The third-order valence-electron chi connectivity index (χ3n) is 3.15. The van der Waals surface area contributed by atoms with Crippen LogP contribution in [0.3, 0.4) is 0 Å². The van der Waals surface area contributed by atoms with Crippen LogP contribution in [0.2, 0.25) is 0 Å². The van der Waals surface area contributed by atoms with Crippen LogP contribution in [0.25, 0.3) is 0 Å². The molecule has 2 rings (SSSR count). The number of urea groups is 1. The van der Waals surface area contributed by atoms with Crippen molar-refractivity contribution in [1.82, 2.24) is 10.6 Å². The molecule has 2 aliphatic rings. The number of rotatable bonds is 1. The lowest BCUT2D eigenvalue weighted by molar-refractivity contribution is -0.124. The third-order valence-corrected chi connectivity index (χ3v) is 5.11. The van der Waals surface area contributed by atoms with Gasteiger partial charge in [0, 0.05) is 10.7 Å². The van der Waals surface area contributed by atoms with Crippen molar-refractivity contribution in [3.8, 4) is 0 Å². The average Bonchev–Trinajstić information content (AvgIpc) is 2.41. The first-order chi connectivity index (χ1) is 7.36. The maximum absolute atomic E-state index is 11.7. The van der Waals surface area contributed by atoms with Crippen molar-refractivity contribution in [3.05, 3.63) is 0 Å². The zero-order valence-electron chi connectivity index (χ0n) is 8.32. The highest BCUT2D eigenvalue weighted by molar-refractivity contribution is 8.14. The first-order valence-electron chi connectivity index (χ1n) is 4.93. The minimum Gasteiger partial charge on any atom is -0.322 e. The highest BCUT2D eigenvalue weighted by Crippen LogP contribution is 2.36. The summed E-state index contributed by atoms with van der Waals surface area (Å²) >= 11 is 0. The molecular weight excluding hydrogens is 256 g/mol. The Kier molecular flexibility index (Phi) is 2.62. The molecule has 0 radical (unpaired) electrons. The highest BCUT2D eigenvalue weighted by Gasteiger charge is 2.57. The van der Waals surface area contributed by atoms with Gasteiger partial charge in [-0.15, -0.1) is 0 Å². The summed E-state index contributed by atoms with van der Waals surface area (Å²) in [7, 11) is 1.46. The van der Waals surface area contributed by atoms with Gasteiger partial charge < -0.3 is 5.32 Å². The molecule has 2 unspecified atom stereocenters. The minimum absolute atomic E-state index is 0.291. The van der Waals surface area contributed by atoms with Crippen LogP contribution in [0, 0.1) is 0 Å². The van der Waals surface area contributed by atoms with E-state index in [-0.39, 0.29) is 0 Å². The molecule has 1 heterocycles. The molecule has 2 atom stereocenters. The normalized spacial score (nSPS) is 34.9. The first kappa shape index (κ1) is 11.7. The van der Waals surface area contributed by atoms with E-state index in [0.717, 1.165) is 0 Å². The van der Waals surface area contributed by atoms with Gasteiger partial charge in [0.2, 0.25) is 9.05 Å². The van der Waals surface area contributed by atoms with E-state index >= 15 is 0 Å². The Labute approximate surface area is 97.1 Å². The van der Waals surface area contributed by atoms with Gasteiger partial charge in [0.1, 0.15) is 10.8 Å². The lowest BCUT2D eigenvalue weighted by Gasteiger charge is -2.36. The van der Waals surface area contributed by atoms with E-state index in [1.807, 2.05) is 0 Å². The lowest BCUT2D eigenvalue weighted by atomic mass is 9.81. The topological polar surface area (TPSA) is 92.3 Å². The number of amides is 3. The Morgan fingerprint density at radius 2 is 2.00 bits per heavy atom. The molecular formula is C8H11ClN2O4S. The van der Waals surface area contributed by atoms with Crippen LogP contribution < -0.4 is 10.6 Å². The lowest BCUT2D eigenvalue weighted by Crippen LogP contribution is -2.59. The molecule has 8 heteroatoms. The Balaban J connectivity index is 2.43. The van der Waals surface area contributed by atoms with Crippen molar-refractivity contribution >= 4 is 31.7 Å². The second-order valence-corrected chi connectivity index (χ2v) is 6.90. The highest BCUT2D eigenvalue weighted by atomic mass is 35.7. The van der Waals surface area contributed by atoms with Crippen molar-refractivity contribution in [2.45, 2.75) is 36.5 Å². The van der Waals surface area contributed by atoms with E-state index < -0.39 is 31.8 Å². The van der Waals surface area contributed by atoms with Gasteiger partial charge in [-0.05, 0) is 12.8 Å². The molecule has 0 aromatic carbocycles. The Morgan fingerprint density at radius 1 is 1.31 bits per heavy atom. The van der Waals surface area contributed by atoms with E-state index in [0.29, 0.717) is 25.7 Å². The van der Waals surface area contributed by atoms with Crippen LogP contribution in [-0.4, -0.2) is 31.1 Å². The van der Waals surface area contributed by atoms with Gasteiger partial charge in [-0.2, -0.15) is 0 Å². The van der Waals surface area contributed by atoms with Gasteiger partial charge >= 0.3 is 6.03 Å². The molecule has 0 aromatic heterocycles. The smallest absolute Gasteiger partial charge is 0.322 e. The Hall–Kier alpha value is -0.820. The molecule has 1 saturated heterocycles. The van der Waals surface area contributed by atoms with E-state index in [2.05, 4.69) is 10.6 Å². The molecule has 2 fully saturated rings. The summed E-state index contributed by atoms with van der Waals surface area (Å²) in [4.78, 5) is 22.8. The second-order valence-electron chi connectivity index (χ2n) is 4.09. The van der Waals surface area contributed by atoms with Crippen LogP contribution >= 0.6 is 10.7 Å². The van der Waals surface area contributed by atoms with E-state index in [1.165, 1.54) is 0 Å². The molecule has 1 spiro atoms. The van der Waals surface area contributed by atoms with Crippen LogP contribution in [0.4, 0.5) is 4.79 Å². The summed E-state index contributed by atoms with van der Waals surface area (Å²) in [5, 5.41) is 3.44. The monoisotopic (exact) mass is 266 g/mol. The van der Waals surface area contributed by atoms with Gasteiger partial charge in [-0.3, -0.25) is 10.1 Å². The summed E-state index contributed by atoms with van der Waals surface area (Å²) in [6, 6.07) is -0.655. The summed E-state index contributed by atoms with van der Waals surface area (Å²) in [5.74, 6) is -0.591. The summed E-state index contributed by atoms with van der Waals surface area (Å²) in [5.41, 5.74) is -1.37. The molecule has 6 nitrogen and oxygen atoms in total. The van der Waals surface area contributed by atoms with Gasteiger partial charge in [0.15, 0.2) is 0 Å². The number of halogens is 1. The number of carbonyl (C=O) groups is 2. The summed E-state index contributed by atoms with van der Waals surface area (Å²) in [6.45, 7) is 0. The summed E-state index contributed by atoms with van der Waals surface area (Å²) < 4.78 is 22.9. The first-order valence-corrected chi connectivity index (χ1v) is 7.30. The van der Waals surface area contributed by atoms with E-state index in [1.54, 1.807) is 0 Å². The zero-order chi connectivity index (χ0) is 12.0. The van der Waals surface area contributed by atoms with Crippen molar-refractivity contribution in [2.24, 2.45) is 0 Å². The predicted molar refractivity (Wildman–Crippen MR) is 56.4 cm³/mol. The molecule has 90 valence electrons. The molecule has 3 amide bonds. The van der Waals surface area contributed by atoms with Gasteiger partial charge in [0.05, 0.1) is 0 Å². The fourth-order valence-corrected chi connectivity index (χ4v) is 4.37.